The lowest BCUT2D eigenvalue weighted by Gasteiger charge is -2.12. The smallest absolute Gasteiger partial charge is 0.191 e. The van der Waals surface area contributed by atoms with Crippen molar-refractivity contribution in [1.29, 1.82) is 0 Å². The summed E-state index contributed by atoms with van der Waals surface area (Å²) in [5, 5.41) is 13.6. The zero-order chi connectivity index (χ0) is 19.1. The Morgan fingerprint density at radius 1 is 1.11 bits per heavy atom. The van der Waals surface area contributed by atoms with E-state index in [2.05, 4.69) is 75.9 Å². The van der Waals surface area contributed by atoms with Gasteiger partial charge in [-0.25, -0.2) is 0 Å². The molecule has 1 aromatic carbocycles. The Bertz CT molecular complexity index is 872. The first-order chi connectivity index (χ1) is 13.2. The van der Waals surface area contributed by atoms with E-state index in [1.54, 1.807) is 18.4 Å². The maximum atomic E-state index is 4.72. The lowest BCUT2D eigenvalue weighted by Crippen LogP contribution is -2.38. The van der Waals surface area contributed by atoms with Crippen LogP contribution in [0.1, 0.15) is 27.4 Å². The highest BCUT2D eigenvalue weighted by molar-refractivity contribution is 14.0. The molecule has 7 heteroatoms. The number of hydrogen-bond donors (Lipinski definition) is 2. The van der Waals surface area contributed by atoms with Crippen molar-refractivity contribution in [2.75, 3.05) is 13.6 Å². The van der Waals surface area contributed by atoms with Crippen LogP contribution in [0, 0.1) is 13.8 Å². The predicted molar refractivity (Wildman–Crippen MR) is 129 cm³/mol. The third-order valence-corrected chi connectivity index (χ3v) is 5.54. The van der Waals surface area contributed by atoms with Crippen molar-refractivity contribution in [3.63, 3.8) is 0 Å². The molecule has 3 aromatic rings. The van der Waals surface area contributed by atoms with Gasteiger partial charge in [0.2, 0.25) is 0 Å². The van der Waals surface area contributed by atoms with E-state index in [1.165, 1.54) is 21.7 Å². The Hall–Kier alpha value is -1.87. The van der Waals surface area contributed by atoms with Crippen molar-refractivity contribution in [1.82, 2.24) is 20.4 Å². The van der Waals surface area contributed by atoms with E-state index in [0.717, 1.165) is 31.2 Å². The van der Waals surface area contributed by atoms with Crippen LogP contribution in [-0.2, 0) is 19.5 Å². The zero-order valence-electron chi connectivity index (χ0n) is 16.6. The van der Waals surface area contributed by atoms with Crippen LogP contribution in [-0.4, -0.2) is 29.3 Å². The topological polar surface area (TPSA) is 54.2 Å². The molecule has 0 amide bonds. The molecule has 0 saturated carbocycles. The van der Waals surface area contributed by atoms with Crippen LogP contribution in [0.5, 0.6) is 0 Å². The Kier molecular flexibility index (Phi) is 8.98. The first-order valence-corrected chi connectivity index (χ1v) is 10.1. The van der Waals surface area contributed by atoms with Crippen LogP contribution in [0.15, 0.2) is 52.8 Å². The molecule has 0 aliphatic carbocycles. The van der Waals surface area contributed by atoms with Gasteiger partial charge in [0, 0.05) is 36.3 Å². The summed E-state index contributed by atoms with van der Waals surface area (Å²) in [5.41, 5.74) is 4.74. The van der Waals surface area contributed by atoms with Crippen molar-refractivity contribution in [3.05, 3.63) is 75.2 Å². The van der Waals surface area contributed by atoms with E-state index in [-0.39, 0.29) is 24.0 Å². The van der Waals surface area contributed by atoms with Crippen LogP contribution in [0.3, 0.4) is 0 Å². The SMILES string of the molecule is CN=C(NCCc1cccs1)NCc1c(C)nn(Cc2ccccc2)c1C.I. The van der Waals surface area contributed by atoms with Gasteiger partial charge < -0.3 is 10.6 Å². The van der Waals surface area contributed by atoms with Crippen molar-refractivity contribution in [2.24, 2.45) is 4.99 Å². The molecule has 5 nitrogen and oxygen atoms in total. The number of aromatic nitrogens is 2. The molecule has 0 bridgehead atoms. The number of rotatable bonds is 7. The molecule has 0 atom stereocenters. The third kappa shape index (κ3) is 6.07. The number of halogens is 1. The third-order valence-electron chi connectivity index (χ3n) is 4.61. The van der Waals surface area contributed by atoms with Gasteiger partial charge in [-0.05, 0) is 37.3 Å². The van der Waals surface area contributed by atoms with Gasteiger partial charge in [0.1, 0.15) is 0 Å². The lowest BCUT2D eigenvalue weighted by molar-refractivity contribution is 0.657. The fraction of sp³-hybridized carbons (Fsp3) is 0.333. The minimum atomic E-state index is 0. The fourth-order valence-corrected chi connectivity index (χ4v) is 3.76. The van der Waals surface area contributed by atoms with Gasteiger partial charge in [-0.1, -0.05) is 36.4 Å². The van der Waals surface area contributed by atoms with Gasteiger partial charge in [0.05, 0.1) is 12.2 Å². The summed E-state index contributed by atoms with van der Waals surface area (Å²) in [5.74, 6) is 0.821. The molecule has 2 heterocycles. The van der Waals surface area contributed by atoms with Crippen LogP contribution in [0.4, 0.5) is 0 Å². The number of aliphatic imine (C=N–C) groups is 1. The van der Waals surface area contributed by atoms with Crippen LogP contribution in [0.25, 0.3) is 0 Å². The highest BCUT2D eigenvalue weighted by Gasteiger charge is 2.12. The Morgan fingerprint density at radius 3 is 2.57 bits per heavy atom. The van der Waals surface area contributed by atoms with E-state index in [0.29, 0.717) is 6.54 Å². The van der Waals surface area contributed by atoms with E-state index in [1.807, 2.05) is 6.07 Å². The molecule has 0 saturated heterocycles. The quantitative estimate of drug-likeness (QED) is 0.286. The molecule has 0 fully saturated rings. The van der Waals surface area contributed by atoms with Crippen LogP contribution >= 0.6 is 35.3 Å². The van der Waals surface area contributed by atoms with E-state index < -0.39 is 0 Å². The average Bonchev–Trinajstić information content (AvgIpc) is 3.28. The van der Waals surface area contributed by atoms with Gasteiger partial charge in [-0.3, -0.25) is 9.67 Å². The summed E-state index contributed by atoms with van der Waals surface area (Å²) in [6.45, 7) is 6.57. The summed E-state index contributed by atoms with van der Waals surface area (Å²) in [7, 11) is 1.80. The number of nitrogens with one attached hydrogen (secondary N) is 2. The molecule has 0 aliphatic heterocycles. The molecule has 2 N–H and O–H groups in total. The molecule has 3 rings (SSSR count). The average molecular weight is 509 g/mol. The number of benzene rings is 1. The van der Waals surface area contributed by atoms with Crippen LogP contribution < -0.4 is 10.6 Å². The Balaban J connectivity index is 0.00000280. The number of nitrogens with zero attached hydrogens (tertiary/aromatic N) is 3. The number of hydrogen-bond acceptors (Lipinski definition) is 3. The Labute approximate surface area is 188 Å². The maximum absolute atomic E-state index is 4.72. The first-order valence-electron chi connectivity index (χ1n) is 9.21. The monoisotopic (exact) mass is 509 g/mol. The zero-order valence-corrected chi connectivity index (χ0v) is 19.8. The molecule has 0 spiro atoms. The number of guanidine groups is 1. The lowest BCUT2D eigenvalue weighted by atomic mass is 10.2. The summed E-state index contributed by atoms with van der Waals surface area (Å²) in [4.78, 5) is 5.71. The van der Waals surface area contributed by atoms with Crippen molar-refractivity contribution >= 4 is 41.3 Å². The predicted octanol–water partition coefficient (Wildman–Crippen LogP) is 4.14. The van der Waals surface area contributed by atoms with Gasteiger partial charge >= 0.3 is 0 Å². The molecule has 2 aromatic heterocycles. The highest BCUT2D eigenvalue weighted by Crippen LogP contribution is 2.14. The summed E-state index contributed by atoms with van der Waals surface area (Å²) in [6, 6.07) is 14.7. The van der Waals surface area contributed by atoms with E-state index in [4.69, 9.17) is 5.10 Å². The van der Waals surface area contributed by atoms with Gasteiger partial charge in [0.25, 0.3) is 0 Å². The molecule has 0 unspecified atom stereocenters. The van der Waals surface area contributed by atoms with Gasteiger partial charge in [0.15, 0.2) is 5.96 Å². The standard InChI is InChI=1S/C21H27N5S.HI/c1-16-20(17(2)26(25-16)15-18-8-5-4-6-9-18)14-24-21(22-3)23-12-11-19-10-7-13-27-19;/h4-10,13H,11-12,14-15H2,1-3H3,(H2,22,23,24);1H. The highest BCUT2D eigenvalue weighted by atomic mass is 127. The second-order valence-electron chi connectivity index (χ2n) is 6.47. The normalized spacial score (nSPS) is 11.2. The van der Waals surface area contributed by atoms with E-state index >= 15 is 0 Å². The van der Waals surface area contributed by atoms with Gasteiger partial charge in [-0.15, -0.1) is 35.3 Å². The maximum Gasteiger partial charge on any atom is 0.191 e. The number of thiophene rings is 1. The largest absolute Gasteiger partial charge is 0.356 e. The van der Waals surface area contributed by atoms with E-state index in [9.17, 15) is 0 Å². The summed E-state index contributed by atoms with van der Waals surface area (Å²) >= 11 is 1.79. The fourth-order valence-electron chi connectivity index (χ4n) is 3.05. The second-order valence-corrected chi connectivity index (χ2v) is 7.51. The van der Waals surface area contributed by atoms with Crippen molar-refractivity contribution in [2.45, 2.75) is 33.4 Å². The minimum Gasteiger partial charge on any atom is -0.356 e. The molecule has 28 heavy (non-hydrogen) atoms. The molecular weight excluding hydrogens is 481 g/mol. The molecule has 0 radical (unpaired) electrons. The van der Waals surface area contributed by atoms with Crippen molar-refractivity contribution < 1.29 is 0 Å². The minimum absolute atomic E-state index is 0. The summed E-state index contributed by atoms with van der Waals surface area (Å²) < 4.78 is 2.08. The molecular formula is C21H28IN5S. The number of aryl methyl sites for hydroxylation is 1. The second kappa shape index (κ2) is 11.2. The Morgan fingerprint density at radius 2 is 1.89 bits per heavy atom. The molecule has 150 valence electrons. The van der Waals surface area contributed by atoms with Crippen LogP contribution in [0.2, 0.25) is 0 Å². The van der Waals surface area contributed by atoms with Gasteiger partial charge in [-0.2, -0.15) is 5.10 Å². The first kappa shape index (κ1) is 22.4. The molecule has 0 aliphatic rings. The summed E-state index contributed by atoms with van der Waals surface area (Å²) in [6.07, 6.45) is 1.01. The van der Waals surface area contributed by atoms with Crippen molar-refractivity contribution in [3.8, 4) is 0 Å².